The van der Waals surface area contributed by atoms with E-state index in [4.69, 9.17) is 0 Å². The number of rotatable bonds is 6. The van der Waals surface area contributed by atoms with Gasteiger partial charge in [-0.2, -0.15) is 19.7 Å². The molecule has 0 radical (unpaired) electrons. The lowest BCUT2D eigenvalue weighted by atomic mass is 10.2. The first-order valence-electron chi connectivity index (χ1n) is 8.26. The van der Waals surface area contributed by atoms with E-state index in [-0.39, 0.29) is 5.69 Å². The van der Waals surface area contributed by atoms with Crippen LogP contribution in [0.15, 0.2) is 43.0 Å². The minimum Gasteiger partial charge on any atom is -0.365 e. The molecule has 0 bridgehead atoms. The number of hydrogen-bond donors (Lipinski definition) is 1. The lowest BCUT2D eigenvalue weighted by molar-refractivity contribution is -0.384. The second-order valence-corrected chi connectivity index (χ2v) is 6.89. The molecule has 136 valence electrons. The molecule has 0 unspecified atom stereocenters. The van der Waals surface area contributed by atoms with Gasteiger partial charge in [-0.05, 0) is 18.1 Å². The predicted molar refractivity (Wildman–Crippen MR) is 102 cm³/mol. The maximum Gasteiger partial charge on any atom is 0.269 e. The minimum atomic E-state index is -0.401. The lowest BCUT2D eigenvalue weighted by Gasteiger charge is -2.09. The van der Waals surface area contributed by atoms with Crippen LogP contribution in [-0.4, -0.2) is 29.7 Å². The van der Waals surface area contributed by atoms with Gasteiger partial charge in [0.25, 0.3) is 11.6 Å². The van der Waals surface area contributed by atoms with E-state index >= 15 is 0 Å². The van der Waals surface area contributed by atoms with Crippen molar-refractivity contribution in [3.8, 4) is 5.95 Å². The number of aromatic nitrogens is 5. The van der Waals surface area contributed by atoms with Crippen molar-refractivity contribution < 1.29 is 4.92 Å². The molecule has 3 aromatic heterocycles. The molecule has 4 rings (SSSR count). The Balaban J connectivity index is 1.70. The number of nitrogens with one attached hydrogen (secondary N) is 1. The van der Waals surface area contributed by atoms with E-state index in [1.54, 1.807) is 29.8 Å². The molecule has 0 fully saturated rings. The normalized spacial score (nSPS) is 11.0. The average Bonchev–Trinajstić information content (AvgIpc) is 3.35. The van der Waals surface area contributed by atoms with Gasteiger partial charge in [-0.15, -0.1) is 11.3 Å². The van der Waals surface area contributed by atoms with Crippen LogP contribution in [-0.2, 0) is 13.0 Å². The fraction of sp³-hybridized carbons (Fsp3) is 0.176. The lowest BCUT2D eigenvalue weighted by Crippen LogP contribution is -2.07. The summed E-state index contributed by atoms with van der Waals surface area (Å²) in [7, 11) is 0. The SMILES string of the molecule is CCc1cc2c(NCc3cccc([N+](=O)[O-])c3)nc(-n3cncn3)nc2s1. The first kappa shape index (κ1) is 17.0. The Morgan fingerprint density at radius 2 is 2.19 bits per heavy atom. The number of anilines is 1. The number of aryl methyl sites for hydroxylation is 1. The van der Waals surface area contributed by atoms with Crippen molar-refractivity contribution in [1.29, 1.82) is 0 Å². The number of hydrogen-bond acceptors (Lipinski definition) is 8. The number of nitrogens with zero attached hydrogens (tertiary/aromatic N) is 6. The van der Waals surface area contributed by atoms with Crippen molar-refractivity contribution in [2.45, 2.75) is 19.9 Å². The maximum atomic E-state index is 11.0. The van der Waals surface area contributed by atoms with E-state index in [0.29, 0.717) is 18.3 Å². The van der Waals surface area contributed by atoms with Gasteiger partial charge in [-0.25, -0.2) is 4.98 Å². The van der Waals surface area contributed by atoms with Crippen molar-refractivity contribution in [3.05, 3.63) is 63.5 Å². The summed E-state index contributed by atoms with van der Waals surface area (Å²) < 4.78 is 1.50. The Morgan fingerprint density at radius 3 is 2.93 bits per heavy atom. The summed E-state index contributed by atoms with van der Waals surface area (Å²) in [5.74, 6) is 1.08. The molecule has 0 aliphatic carbocycles. The van der Waals surface area contributed by atoms with Crippen LogP contribution in [0.3, 0.4) is 0 Å². The minimum absolute atomic E-state index is 0.0641. The molecule has 9 nitrogen and oxygen atoms in total. The van der Waals surface area contributed by atoms with Crippen LogP contribution in [0.1, 0.15) is 17.4 Å². The van der Waals surface area contributed by atoms with Gasteiger partial charge in [-0.3, -0.25) is 10.1 Å². The van der Waals surface area contributed by atoms with Crippen molar-refractivity contribution in [1.82, 2.24) is 24.7 Å². The molecule has 0 atom stereocenters. The van der Waals surface area contributed by atoms with E-state index in [0.717, 1.165) is 22.2 Å². The Hall–Kier alpha value is -3.40. The Kier molecular flexibility index (Phi) is 4.47. The van der Waals surface area contributed by atoms with Crippen LogP contribution in [0.2, 0.25) is 0 Å². The molecular formula is C17H15N7O2S. The number of benzene rings is 1. The Morgan fingerprint density at radius 1 is 1.30 bits per heavy atom. The summed E-state index contributed by atoms with van der Waals surface area (Å²) >= 11 is 1.61. The number of nitro benzene ring substituents is 1. The quantitative estimate of drug-likeness (QED) is 0.402. The third-order valence-electron chi connectivity index (χ3n) is 3.99. The van der Waals surface area contributed by atoms with Crippen molar-refractivity contribution in [3.63, 3.8) is 0 Å². The second kappa shape index (κ2) is 7.08. The van der Waals surface area contributed by atoms with Gasteiger partial charge in [0.2, 0.25) is 0 Å². The van der Waals surface area contributed by atoms with Gasteiger partial charge < -0.3 is 5.32 Å². The van der Waals surface area contributed by atoms with Gasteiger partial charge in [0.1, 0.15) is 23.3 Å². The summed E-state index contributed by atoms with van der Waals surface area (Å²) in [6, 6.07) is 8.60. The zero-order valence-corrected chi connectivity index (χ0v) is 15.2. The fourth-order valence-electron chi connectivity index (χ4n) is 2.65. The summed E-state index contributed by atoms with van der Waals surface area (Å²) in [6.45, 7) is 2.49. The summed E-state index contributed by atoms with van der Waals surface area (Å²) in [5.41, 5.74) is 0.860. The highest BCUT2D eigenvalue weighted by atomic mass is 32.1. The third kappa shape index (κ3) is 3.47. The van der Waals surface area contributed by atoms with Gasteiger partial charge in [0.15, 0.2) is 0 Å². The topological polar surface area (TPSA) is 112 Å². The number of non-ortho nitro benzene ring substituents is 1. The highest BCUT2D eigenvalue weighted by Gasteiger charge is 2.13. The van der Waals surface area contributed by atoms with E-state index in [1.165, 1.54) is 22.0 Å². The highest BCUT2D eigenvalue weighted by molar-refractivity contribution is 7.18. The third-order valence-corrected chi connectivity index (χ3v) is 5.16. The maximum absolute atomic E-state index is 11.0. The van der Waals surface area contributed by atoms with Crippen LogP contribution in [0.4, 0.5) is 11.5 Å². The first-order chi connectivity index (χ1) is 13.1. The van der Waals surface area contributed by atoms with Gasteiger partial charge in [-0.1, -0.05) is 19.1 Å². The Bertz CT molecular complexity index is 1110. The summed E-state index contributed by atoms with van der Waals surface area (Å²) in [6.07, 6.45) is 3.87. The molecule has 1 aromatic carbocycles. The molecule has 27 heavy (non-hydrogen) atoms. The van der Waals surface area contributed by atoms with Crippen LogP contribution in [0, 0.1) is 10.1 Å². The van der Waals surface area contributed by atoms with Crippen molar-refractivity contribution >= 4 is 33.1 Å². The highest BCUT2D eigenvalue weighted by Crippen LogP contribution is 2.30. The van der Waals surface area contributed by atoms with Crippen LogP contribution < -0.4 is 5.32 Å². The molecule has 0 aliphatic heterocycles. The van der Waals surface area contributed by atoms with E-state index in [2.05, 4.69) is 38.4 Å². The van der Waals surface area contributed by atoms with Crippen LogP contribution in [0.25, 0.3) is 16.2 Å². The molecule has 3 heterocycles. The molecule has 4 aromatic rings. The van der Waals surface area contributed by atoms with Gasteiger partial charge in [0, 0.05) is 23.6 Å². The average molecular weight is 381 g/mol. The van der Waals surface area contributed by atoms with E-state index in [9.17, 15) is 10.1 Å². The summed E-state index contributed by atoms with van der Waals surface area (Å²) in [5, 5.41) is 19.3. The fourth-order valence-corrected chi connectivity index (χ4v) is 3.61. The molecule has 10 heteroatoms. The van der Waals surface area contributed by atoms with E-state index < -0.39 is 4.92 Å². The summed E-state index contributed by atoms with van der Waals surface area (Å²) in [4.78, 5) is 25.7. The molecule has 1 N–H and O–H groups in total. The largest absolute Gasteiger partial charge is 0.365 e. The molecule has 0 aliphatic rings. The second-order valence-electron chi connectivity index (χ2n) is 5.78. The Labute approximate surface area is 157 Å². The standard InChI is InChI=1S/C17H15N7O2S/c1-2-13-7-14-15(19-8-11-4-3-5-12(6-11)24(25)26)21-17(22-16(14)27-13)23-10-18-9-20-23/h3-7,9-10H,2,8H2,1H3,(H,19,21,22). The van der Waals surface area contributed by atoms with Crippen molar-refractivity contribution in [2.24, 2.45) is 0 Å². The smallest absolute Gasteiger partial charge is 0.269 e. The van der Waals surface area contributed by atoms with Gasteiger partial charge >= 0.3 is 0 Å². The van der Waals surface area contributed by atoms with Gasteiger partial charge in [0.05, 0.1) is 10.3 Å². The van der Waals surface area contributed by atoms with Crippen LogP contribution in [0.5, 0.6) is 0 Å². The molecule has 0 spiro atoms. The molecule has 0 saturated carbocycles. The zero-order valence-electron chi connectivity index (χ0n) is 14.4. The first-order valence-corrected chi connectivity index (χ1v) is 9.08. The zero-order chi connectivity index (χ0) is 18.8. The number of fused-ring (bicyclic) bond motifs is 1. The number of thiophene rings is 1. The molecule has 0 saturated heterocycles. The monoisotopic (exact) mass is 381 g/mol. The van der Waals surface area contributed by atoms with Crippen LogP contribution >= 0.6 is 11.3 Å². The predicted octanol–water partition coefficient (Wildman–Crippen LogP) is 3.35. The molecular weight excluding hydrogens is 366 g/mol. The van der Waals surface area contributed by atoms with Crippen molar-refractivity contribution in [2.75, 3.05) is 5.32 Å². The number of nitro groups is 1. The molecule has 0 amide bonds. The van der Waals surface area contributed by atoms with E-state index in [1.807, 2.05) is 6.07 Å².